The van der Waals surface area contributed by atoms with Gasteiger partial charge in [-0.2, -0.15) is 11.3 Å². The van der Waals surface area contributed by atoms with Gasteiger partial charge in [0.25, 0.3) is 5.91 Å². The number of amides is 1. The number of aryl methyl sites for hydroxylation is 1. The fourth-order valence-corrected chi connectivity index (χ4v) is 4.26. The van der Waals surface area contributed by atoms with E-state index in [1.165, 1.54) is 38.4 Å². The number of carbonyl (C=O) groups is 1. The molecule has 12 heteroatoms. The molecule has 37 heavy (non-hydrogen) atoms. The van der Waals surface area contributed by atoms with Crippen molar-refractivity contribution in [2.24, 2.45) is 0 Å². The van der Waals surface area contributed by atoms with Crippen molar-refractivity contribution in [2.75, 3.05) is 19.1 Å². The summed E-state index contributed by atoms with van der Waals surface area (Å²) in [7, 11) is 1.54. The maximum absolute atomic E-state index is 15.4. The summed E-state index contributed by atoms with van der Waals surface area (Å²) >= 11 is 1.37. The molecule has 0 unspecified atom stereocenters. The van der Waals surface area contributed by atoms with Crippen LogP contribution in [0.4, 0.5) is 14.6 Å². The van der Waals surface area contributed by atoms with E-state index >= 15 is 8.78 Å². The summed E-state index contributed by atoms with van der Waals surface area (Å²) in [5.74, 6) is -1.79. The van der Waals surface area contributed by atoms with Gasteiger partial charge < -0.3 is 14.3 Å². The second-order valence-corrected chi connectivity index (χ2v) is 9.50. The van der Waals surface area contributed by atoms with Crippen LogP contribution in [0.5, 0.6) is 0 Å². The zero-order chi connectivity index (χ0) is 26.7. The van der Waals surface area contributed by atoms with Crippen LogP contribution in [-0.4, -0.2) is 39.9 Å². The molecule has 4 aromatic rings. The maximum atomic E-state index is 15.4. The Kier molecular flexibility index (Phi) is 7.62. The minimum Gasteiger partial charge on any atom is -0.421 e. The van der Waals surface area contributed by atoms with Crippen LogP contribution in [-0.2, 0) is 16.8 Å². The SMILES string of the molecule is COCCc1nnc(-c2c(-c3c(F)cc(C(C)(C)O)cc3F)cc(NNC(=O)c3ccsc3)nc2C)o1. The third-order valence-corrected chi connectivity index (χ3v) is 6.19. The molecule has 0 fully saturated rings. The van der Waals surface area contributed by atoms with E-state index in [2.05, 4.69) is 26.0 Å². The van der Waals surface area contributed by atoms with Crippen molar-refractivity contribution in [1.29, 1.82) is 0 Å². The third-order valence-electron chi connectivity index (χ3n) is 5.51. The van der Waals surface area contributed by atoms with E-state index in [-0.39, 0.29) is 39.9 Å². The molecule has 0 aliphatic heterocycles. The van der Waals surface area contributed by atoms with Gasteiger partial charge in [-0.1, -0.05) is 0 Å². The first kappa shape index (κ1) is 26.3. The molecule has 4 rings (SSSR count). The predicted octanol–water partition coefficient (Wildman–Crippen LogP) is 4.62. The van der Waals surface area contributed by atoms with Crippen molar-refractivity contribution in [2.45, 2.75) is 32.8 Å². The summed E-state index contributed by atoms with van der Waals surface area (Å²) in [6, 6.07) is 5.17. The van der Waals surface area contributed by atoms with Crippen LogP contribution < -0.4 is 10.9 Å². The fraction of sp³-hybridized carbons (Fsp3) is 0.280. The highest BCUT2D eigenvalue weighted by molar-refractivity contribution is 7.08. The topological polar surface area (TPSA) is 122 Å². The summed E-state index contributed by atoms with van der Waals surface area (Å²) in [6.45, 7) is 4.83. The number of aliphatic hydroxyl groups is 1. The number of halogens is 2. The number of pyridine rings is 1. The molecule has 3 heterocycles. The van der Waals surface area contributed by atoms with Gasteiger partial charge in [-0.3, -0.25) is 15.6 Å². The van der Waals surface area contributed by atoms with E-state index in [1.807, 2.05) is 0 Å². The molecular formula is C25H25F2N5O4S. The number of nitrogens with one attached hydrogen (secondary N) is 2. The average Bonchev–Trinajstić information content (AvgIpc) is 3.52. The molecule has 0 spiro atoms. The van der Waals surface area contributed by atoms with E-state index < -0.39 is 23.1 Å². The Labute approximate surface area is 215 Å². The molecule has 3 N–H and O–H groups in total. The molecule has 9 nitrogen and oxygen atoms in total. The number of aromatic nitrogens is 3. The highest BCUT2D eigenvalue weighted by Gasteiger charge is 2.26. The number of hydrogen-bond donors (Lipinski definition) is 3. The second-order valence-electron chi connectivity index (χ2n) is 8.72. The average molecular weight is 530 g/mol. The summed E-state index contributed by atoms with van der Waals surface area (Å²) < 4.78 is 41.6. The molecule has 3 aromatic heterocycles. The zero-order valence-corrected chi connectivity index (χ0v) is 21.4. The molecule has 0 radical (unpaired) electrons. The van der Waals surface area contributed by atoms with Crippen molar-refractivity contribution < 1.29 is 27.8 Å². The lowest BCUT2D eigenvalue weighted by Crippen LogP contribution is -2.29. The van der Waals surface area contributed by atoms with E-state index in [0.717, 1.165) is 12.1 Å². The normalized spacial score (nSPS) is 11.5. The number of hydrazine groups is 1. The Morgan fingerprint density at radius 2 is 1.92 bits per heavy atom. The molecular weight excluding hydrogens is 504 g/mol. The van der Waals surface area contributed by atoms with Gasteiger partial charge in [-0.15, -0.1) is 10.2 Å². The molecule has 0 atom stereocenters. The monoisotopic (exact) mass is 529 g/mol. The standard InChI is InChI=1S/C25H25F2N5O4S/c1-13-21(24-32-30-20(36-24)5-7-35-4)16(22-17(26)9-15(10-18(22)27)25(2,3)34)11-19(28-13)29-31-23(33)14-6-8-37-12-14/h6,8-12,34H,5,7H2,1-4H3,(H,28,29)(H,31,33). The molecule has 1 aromatic carbocycles. The fourth-order valence-electron chi connectivity index (χ4n) is 3.62. The second kappa shape index (κ2) is 10.7. The van der Waals surface area contributed by atoms with Crippen LogP contribution in [0.1, 0.15) is 41.4 Å². The first-order valence-corrected chi connectivity index (χ1v) is 12.2. The van der Waals surface area contributed by atoms with Crippen LogP contribution in [0.2, 0.25) is 0 Å². The lowest BCUT2D eigenvalue weighted by Gasteiger charge is -2.20. The van der Waals surface area contributed by atoms with Gasteiger partial charge in [0.15, 0.2) is 0 Å². The molecule has 0 aliphatic rings. The molecule has 194 valence electrons. The molecule has 1 amide bonds. The first-order chi connectivity index (χ1) is 17.6. The van der Waals surface area contributed by atoms with Gasteiger partial charge in [0.2, 0.25) is 11.8 Å². The zero-order valence-electron chi connectivity index (χ0n) is 20.6. The van der Waals surface area contributed by atoms with Gasteiger partial charge in [-0.05, 0) is 56.0 Å². The van der Waals surface area contributed by atoms with Crippen molar-refractivity contribution in [1.82, 2.24) is 20.6 Å². The van der Waals surface area contributed by atoms with Crippen molar-refractivity contribution in [3.8, 4) is 22.6 Å². The van der Waals surface area contributed by atoms with Crippen molar-refractivity contribution in [3.63, 3.8) is 0 Å². The number of carbonyl (C=O) groups excluding carboxylic acids is 1. The van der Waals surface area contributed by atoms with Crippen LogP contribution in [0.3, 0.4) is 0 Å². The van der Waals surface area contributed by atoms with Crippen LogP contribution >= 0.6 is 11.3 Å². The smallest absolute Gasteiger partial charge is 0.270 e. The van der Waals surface area contributed by atoms with Crippen LogP contribution in [0.15, 0.2) is 39.4 Å². The number of nitrogens with zero attached hydrogens (tertiary/aromatic N) is 3. The van der Waals surface area contributed by atoms with Crippen LogP contribution in [0.25, 0.3) is 22.6 Å². The van der Waals surface area contributed by atoms with E-state index in [0.29, 0.717) is 24.3 Å². The van der Waals surface area contributed by atoms with E-state index in [9.17, 15) is 9.90 Å². The highest BCUT2D eigenvalue weighted by Crippen LogP contribution is 2.39. The maximum Gasteiger partial charge on any atom is 0.270 e. The summed E-state index contributed by atoms with van der Waals surface area (Å²) in [5, 5.41) is 21.7. The number of hydrogen-bond acceptors (Lipinski definition) is 9. The lowest BCUT2D eigenvalue weighted by atomic mass is 9.92. The Bertz CT molecular complexity index is 1390. The number of benzene rings is 1. The minimum absolute atomic E-state index is 0.0188. The summed E-state index contributed by atoms with van der Waals surface area (Å²) in [6.07, 6.45) is 0.350. The number of methoxy groups -OCH3 is 1. The van der Waals surface area contributed by atoms with Crippen molar-refractivity contribution in [3.05, 3.63) is 69.4 Å². The minimum atomic E-state index is -1.46. The van der Waals surface area contributed by atoms with Crippen molar-refractivity contribution >= 4 is 23.1 Å². The Morgan fingerprint density at radius 3 is 2.54 bits per heavy atom. The predicted molar refractivity (Wildman–Crippen MR) is 134 cm³/mol. The largest absolute Gasteiger partial charge is 0.421 e. The summed E-state index contributed by atoms with van der Waals surface area (Å²) in [4.78, 5) is 16.8. The van der Waals surface area contributed by atoms with Gasteiger partial charge in [0, 0.05) is 24.5 Å². The lowest BCUT2D eigenvalue weighted by molar-refractivity contribution is 0.0778. The first-order valence-electron chi connectivity index (χ1n) is 11.2. The van der Waals surface area contributed by atoms with Crippen LogP contribution in [0, 0.1) is 18.6 Å². The Hall–Kier alpha value is -3.74. The number of thiophene rings is 1. The highest BCUT2D eigenvalue weighted by atomic mass is 32.1. The molecule has 0 saturated carbocycles. The van der Waals surface area contributed by atoms with Gasteiger partial charge >= 0.3 is 0 Å². The van der Waals surface area contributed by atoms with Gasteiger partial charge in [0.1, 0.15) is 17.5 Å². The van der Waals surface area contributed by atoms with Gasteiger partial charge in [-0.25, -0.2) is 13.8 Å². The molecule has 0 saturated heterocycles. The summed E-state index contributed by atoms with van der Waals surface area (Å²) in [5.41, 5.74) is 4.50. The van der Waals surface area contributed by atoms with E-state index in [4.69, 9.17) is 9.15 Å². The molecule has 0 aliphatic carbocycles. The molecule has 0 bridgehead atoms. The van der Waals surface area contributed by atoms with Gasteiger partial charge in [0.05, 0.1) is 34.6 Å². The Balaban J connectivity index is 1.81. The number of rotatable bonds is 9. The number of ether oxygens (including phenoxy) is 1. The Morgan fingerprint density at radius 1 is 1.19 bits per heavy atom. The van der Waals surface area contributed by atoms with E-state index in [1.54, 1.807) is 23.8 Å². The number of anilines is 1. The quantitative estimate of drug-likeness (QED) is 0.269. The third kappa shape index (κ3) is 5.82.